The third-order valence-corrected chi connectivity index (χ3v) is 4.70. The van der Waals surface area contributed by atoms with Crippen molar-refractivity contribution in [1.29, 1.82) is 0 Å². The van der Waals surface area contributed by atoms with Crippen LogP contribution in [0.3, 0.4) is 0 Å². The molecule has 0 saturated carbocycles. The van der Waals surface area contributed by atoms with Crippen LogP contribution in [0, 0.1) is 0 Å². The van der Waals surface area contributed by atoms with Crippen molar-refractivity contribution >= 4 is 11.9 Å². The molecular formula is C24H37N5O2. The number of carbonyl (C=O) groups excluding carboxylic acids is 1. The van der Waals surface area contributed by atoms with Gasteiger partial charge >= 0.3 is 5.97 Å². The Hall–Kier alpha value is -2.83. The normalized spacial score (nSPS) is 11.9. The fourth-order valence-electron chi connectivity index (χ4n) is 3.20. The van der Waals surface area contributed by atoms with Crippen molar-refractivity contribution in [3.05, 3.63) is 53.9 Å². The van der Waals surface area contributed by atoms with Crippen molar-refractivity contribution in [3.8, 4) is 0 Å². The van der Waals surface area contributed by atoms with Crippen LogP contribution in [0.5, 0.6) is 0 Å². The van der Waals surface area contributed by atoms with E-state index in [9.17, 15) is 4.79 Å². The molecular weight excluding hydrogens is 390 g/mol. The summed E-state index contributed by atoms with van der Waals surface area (Å²) in [5, 5.41) is 11.1. The molecule has 0 unspecified atom stereocenters. The van der Waals surface area contributed by atoms with E-state index in [0.29, 0.717) is 13.0 Å². The zero-order valence-corrected chi connectivity index (χ0v) is 19.4. The second kappa shape index (κ2) is 12.8. The van der Waals surface area contributed by atoms with Crippen LogP contribution in [0.2, 0.25) is 0 Å². The first-order valence-corrected chi connectivity index (χ1v) is 11.1. The van der Waals surface area contributed by atoms with E-state index < -0.39 is 5.60 Å². The minimum atomic E-state index is -0.399. The Morgan fingerprint density at radius 1 is 1.06 bits per heavy atom. The number of aromatic nitrogens is 2. The monoisotopic (exact) mass is 427 g/mol. The Morgan fingerprint density at radius 2 is 1.81 bits per heavy atom. The lowest BCUT2D eigenvalue weighted by Crippen LogP contribution is -2.37. The van der Waals surface area contributed by atoms with Crippen LogP contribution in [0.15, 0.2) is 47.7 Å². The first kappa shape index (κ1) is 24.4. The Bertz CT molecular complexity index is 810. The number of nitrogens with zero attached hydrogens (tertiary/aromatic N) is 3. The Kier molecular flexibility index (Phi) is 10.1. The molecule has 2 aromatic rings. The summed E-state index contributed by atoms with van der Waals surface area (Å²) in [6.07, 6.45) is 8.25. The predicted octanol–water partition coefficient (Wildman–Crippen LogP) is 3.89. The largest absolute Gasteiger partial charge is 0.460 e. The number of esters is 1. The lowest BCUT2D eigenvalue weighted by Gasteiger charge is -2.19. The highest BCUT2D eigenvalue weighted by molar-refractivity contribution is 5.79. The summed E-state index contributed by atoms with van der Waals surface area (Å²) in [6.45, 7) is 7.99. The van der Waals surface area contributed by atoms with Crippen molar-refractivity contribution < 1.29 is 9.53 Å². The van der Waals surface area contributed by atoms with Crippen molar-refractivity contribution in [2.75, 3.05) is 13.6 Å². The Morgan fingerprint density at radius 3 is 2.48 bits per heavy atom. The number of hydrogen-bond acceptors (Lipinski definition) is 4. The number of rotatable bonds is 11. The summed E-state index contributed by atoms with van der Waals surface area (Å²) in [5.74, 6) is 0.686. The van der Waals surface area contributed by atoms with Crippen LogP contribution in [0.1, 0.15) is 64.0 Å². The minimum Gasteiger partial charge on any atom is -0.460 e. The molecule has 31 heavy (non-hydrogen) atoms. The third kappa shape index (κ3) is 10.2. The van der Waals surface area contributed by atoms with E-state index in [2.05, 4.69) is 45.0 Å². The molecule has 170 valence electrons. The van der Waals surface area contributed by atoms with Crippen LogP contribution >= 0.6 is 0 Å². The van der Waals surface area contributed by atoms with E-state index in [4.69, 9.17) is 4.74 Å². The van der Waals surface area contributed by atoms with Gasteiger partial charge in [-0.15, -0.1) is 0 Å². The van der Waals surface area contributed by atoms with Gasteiger partial charge in [0.2, 0.25) is 0 Å². The molecule has 0 saturated heterocycles. The molecule has 7 heteroatoms. The zero-order valence-electron chi connectivity index (χ0n) is 19.4. The number of nitrogens with one attached hydrogen (secondary N) is 2. The van der Waals surface area contributed by atoms with Crippen molar-refractivity contribution in [2.24, 2.45) is 4.99 Å². The molecule has 2 N–H and O–H groups in total. The molecule has 1 aromatic heterocycles. The van der Waals surface area contributed by atoms with Gasteiger partial charge in [-0.1, -0.05) is 37.1 Å². The van der Waals surface area contributed by atoms with Gasteiger partial charge in [-0.25, -0.2) is 0 Å². The average molecular weight is 428 g/mol. The zero-order chi connectivity index (χ0) is 22.5. The number of ether oxygens (including phenoxy) is 1. The number of hydrogen-bond donors (Lipinski definition) is 2. The van der Waals surface area contributed by atoms with Crippen LogP contribution in [0.25, 0.3) is 0 Å². The lowest BCUT2D eigenvalue weighted by atomic mass is 10.1. The van der Waals surface area contributed by atoms with E-state index >= 15 is 0 Å². The van der Waals surface area contributed by atoms with E-state index in [-0.39, 0.29) is 5.97 Å². The molecule has 0 bridgehead atoms. The Balaban J connectivity index is 1.63. The topological polar surface area (TPSA) is 80.5 Å². The van der Waals surface area contributed by atoms with Gasteiger partial charge in [0.05, 0.1) is 6.54 Å². The molecule has 0 atom stereocenters. The summed E-state index contributed by atoms with van der Waals surface area (Å²) in [6, 6.07) is 10.3. The molecule has 0 amide bonds. The van der Waals surface area contributed by atoms with E-state index in [0.717, 1.165) is 44.7 Å². The van der Waals surface area contributed by atoms with Crippen molar-refractivity contribution in [3.63, 3.8) is 0 Å². The summed E-state index contributed by atoms with van der Waals surface area (Å²) in [4.78, 5) is 16.0. The standard InChI is InChI=1S/C24H37N5O2/c1-24(2,3)31-22(30)14-7-5-6-10-15-26-23(25-4)27-18-20-12-8-9-13-21(20)19-29-17-11-16-28-29/h8-9,11-13,16-17H,5-7,10,14-15,18-19H2,1-4H3,(H2,25,26,27). The second-order valence-corrected chi connectivity index (χ2v) is 8.58. The fraction of sp³-hybridized carbons (Fsp3) is 0.542. The maximum Gasteiger partial charge on any atom is 0.306 e. The molecule has 1 aromatic carbocycles. The van der Waals surface area contributed by atoms with Gasteiger partial charge in [0, 0.05) is 39.0 Å². The Labute approximate surface area is 186 Å². The number of aliphatic imine (C=N–C) groups is 1. The van der Waals surface area contributed by atoms with Crippen LogP contribution in [-0.4, -0.2) is 40.9 Å². The van der Waals surface area contributed by atoms with Gasteiger partial charge in [0.25, 0.3) is 0 Å². The quantitative estimate of drug-likeness (QED) is 0.246. The van der Waals surface area contributed by atoms with E-state index in [1.54, 1.807) is 13.2 Å². The molecule has 0 aliphatic rings. The van der Waals surface area contributed by atoms with Gasteiger partial charge < -0.3 is 15.4 Å². The third-order valence-electron chi connectivity index (χ3n) is 4.70. The summed E-state index contributed by atoms with van der Waals surface area (Å²) in [5.41, 5.74) is 2.06. The van der Waals surface area contributed by atoms with Crippen molar-refractivity contribution in [2.45, 2.75) is 71.6 Å². The van der Waals surface area contributed by atoms with E-state index in [1.807, 2.05) is 37.7 Å². The molecule has 0 aliphatic carbocycles. The number of benzene rings is 1. The number of carbonyl (C=O) groups is 1. The number of unbranched alkanes of at least 4 members (excludes halogenated alkanes) is 3. The maximum absolute atomic E-state index is 11.7. The molecule has 7 nitrogen and oxygen atoms in total. The average Bonchev–Trinajstić information content (AvgIpc) is 3.22. The highest BCUT2D eigenvalue weighted by Gasteiger charge is 2.15. The van der Waals surface area contributed by atoms with Gasteiger partial charge in [-0.3, -0.25) is 14.5 Å². The summed E-state index contributed by atoms with van der Waals surface area (Å²) < 4.78 is 7.26. The maximum atomic E-state index is 11.7. The van der Waals surface area contributed by atoms with Crippen LogP contribution < -0.4 is 10.6 Å². The minimum absolute atomic E-state index is 0.108. The predicted molar refractivity (Wildman–Crippen MR) is 125 cm³/mol. The molecule has 1 heterocycles. The molecule has 0 aliphatic heterocycles. The molecule has 0 spiro atoms. The van der Waals surface area contributed by atoms with Gasteiger partial charge in [0.15, 0.2) is 5.96 Å². The summed E-state index contributed by atoms with van der Waals surface area (Å²) >= 11 is 0. The van der Waals surface area contributed by atoms with Crippen LogP contribution in [-0.2, 0) is 22.6 Å². The smallest absolute Gasteiger partial charge is 0.306 e. The molecule has 2 rings (SSSR count). The van der Waals surface area contributed by atoms with Crippen molar-refractivity contribution in [1.82, 2.24) is 20.4 Å². The van der Waals surface area contributed by atoms with Crippen LogP contribution in [0.4, 0.5) is 0 Å². The molecule has 0 radical (unpaired) electrons. The fourth-order valence-corrected chi connectivity index (χ4v) is 3.20. The number of guanidine groups is 1. The first-order chi connectivity index (χ1) is 14.9. The SMILES string of the molecule is CN=C(NCCCCCCC(=O)OC(C)(C)C)NCc1ccccc1Cn1cccn1. The highest BCUT2D eigenvalue weighted by atomic mass is 16.6. The second-order valence-electron chi connectivity index (χ2n) is 8.58. The summed E-state index contributed by atoms with van der Waals surface area (Å²) in [7, 11) is 1.78. The lowest BCUT2D eigenvalue weighted by molar-refractivity contribution is -0.154. The molecule has 0 fully saturated rings. The highest BCUT2D eigenvalue weighted by Crippen LogP contribution is 2.11. The first-order valence-electron chi connectivity index (χ1n) is 11.1. The van der Waals surface area contributed by atoms with Gasteiger partial charge in [-0.05, 0) is 50.8 Å². The van der Waals surface area contributed by atoms with E-state index in [1.165, 1.54) is 11.1 Å². The van der Waals surface area contributed by atoms with Gasteiger partial charge in [0.1, 0.15) is 5.60 Å². The van der Waals surface area contributed by atoms with Gasteiger partial charge in [-0.2, -0.15) is 5.10 Å².